The van der Waals surface area contributed by atoms with Crippen molar-refractivity contribution in [2.45, 2.75) is 52.0 Å². The van der Waals surface area contributed by atoms with Crippen LogP contribution < -0.4 is 11.3 Å². The van der Waals surface area contributed by atoms with Gasteiger partial charge in [0.15, 0.2) is 0 Å². The van der Waals surface area contributed by atoms with E-state index >= 15 is 0 Å². The number of nitrogens with two attached hydrogens (primary N) is 1. The molecule has 0 aliphatic heterocycles. The molecular formula is C16H24N2O. The molecule has 0 unspecified atom stereocenters. The Hall–Kier alpha value is -1.51. The van der Waals surface area contributed by atoms with Gasteiger partial charge in [-0.15, -0.1) is 0 Å². The van der Waals surface area contributed by atoms with Gasteiger partial charge in [0.2, 0.25) is 0 Å². The summed E-state index contributed by atoms with van der Waals surface area (Å²) in [5.41, 5.74) is 6.88. The van der Waals surface area contributed by atoms with Crippen LogP contribution in [-0.2, 0) is 6.54 Å². The fraction of sp³-hybridized carbons (Fsp3) is 0.562. The number of nitrogen functional groups attached to an aromatic ring is 1. The first-order valence-electron chi connectivity index (χ1n) is 7.29. The summed E-state index contributed by atoms with van der Waals surface area (Å²) < 4.78 is 1.67. The molecule has 2 N–H and O–H groups in total. The van der Waals surface area contributed by atoms with Gasteiger partial charge in [-0.05, 0) is 30.9 Å². The van der Waals surface area contributed by atoms with Crippen LogP contribution in [0.1, 0.15) is 44.1 Å². The monoisotopic (exact) mass is 260 g/mol. The van der Waals surface area contributed by atoms with Gasteiger partial charge in [-0.25, -0.2) is 0 Å². The lowest BCUT2D eigenvalue weighted by atomic mass is 9.87. The van der Waals surface area contributed by atoms with Crippen LogP contribution in [0.3, 0.4) is 0 Å². The van der Waals surface area contributed by atoms with Crippen molar-refractivity contribution in [2.24, 2.45) is 5.92 Å². The van der Waals surface area contributed by atoms with Gasteiger partial charge in [0.25, 0.3) is 5.56 Å². The fourth-order valence-electron chi connectivity index (χ4n) is 2.73. The molecule has 0 saturated heterocycles. The van der Waals surface area contributed by atoms with Gasteiger partial charge < -0.3 is 10.3 Å². The van der Waals surface area contributed by atoms with Crippen LogP contribution in [0.25, 0.3) is 0 Å². The number of pyridine rings is 1. The van der Waals surface area contributed by atoms with Gasteiger partial charge in [-0.2, -0.15) is 0 Å². The van der Waals surface area contributed by atoms with E-state index in [9.17, 15) is 4.79 Å². The van der Waals surface area contributed by atoms with Gasteiger partial charge in [0.1, 0.15) is 5.69 Å². The molecule has 1 aromatic heterocycles. The van der Waals surface area contributed by atoms with Crippen LogP contribution in [0.5, 0.6) is 0 Å². The molecule has 0 spiro atoms. The molecule has 1 saturated carbocycles. The number of aryl methyl sites for hydroxylation is 1. The Labute approximate surface area is 115 Å². The first kappa shape index (κ1) is 13.9. The highest BCUT2D eigenvalue weighted by molar-refractivity contribution is 5.43. The summed E-state index contributed by atoms with van der Waals surface area (Å²) in [5.74, 6) is 0.852. The van der Waals surface area contributed by atoms with E-state index in [-0.39, 0.29) is 5.56 Å². The van der Waals surface area contributed by atoms with E-state index in [1.54, 1.807) is 4.57 Å². The van der Waals surface area contributed by atoms with E-state index in [2.05, 4.69) is 12.2 Å². The fourth-order valence-corrected chi connectivity index (χ4v) is 2.73. The number of rotatable bonds is 4. The topological polar surface area (TPSA) is 48.0 Å². The number of allylic oxidation sites excluding steroid dienone is 2. The van der Waals surface area contributed by atoms with E-state index < -0.39 is 0 Å². The third-order valence-electron chi connectivity index (χ3n) is 4.08. The highest BCUT2D eigenvalue weighted by Gasteiger charge is 2.11. The molecule has 0 amide bonds. The van der Waals surface area contributed by atoms with Crippen molar-refractivity contribution < 1.29 is 0 Å². The molecule has 3 nitrogen and oxygen atoms in total. The summed E-state index contributed by atoms with van der Waals surface area (Å²) in [7, 11) is 0. The number of hydrogen-bond donors (Lipinski definition) is 1. The zero-order valence-corrected chi connectivity index (χ0v) is 11.8. The van der Waals surface area contributed by atoms with Crippen LogP contribution in [-0.4, -0.2) is 4.57 Å². The maximum atomic E-state index is 11.9. The Morgan fingerprint density at radius 3 is 2.79 bits per heavy atom. The lowest BCUT2D eigenvalue weighted by Crippen LogP contribution is -2.22. The van der Waals surface area contributed by atoms with E-state index in [0.717, 1.165) is 17.9 Å². The molecule has 1 aliphatic rings. The normalized spacial score (nSPS) is 17.1. The van der Waals surface area contributed by atoms with Crippen molar-refractivity contribution in [1.29, 1.82) is 0 Å². The Morgan fingerprint density at radius 1 is 1.32 bits per heavy atom. The molecule has 1 fully saturated rings. The first-order chi connectivity index (χ1) is 9.18. The van der Waals surface area contributed by atoms with Gasteiger partial charge in [0, 0.05) is 12.7 Å². The number of anilines is 1. The Kier molecular flexibility index (Phi) is 4.83. The third-order valence-corrected chi connectivity index (χ3v) is 4.08. The largest absolute Gasteiger partial charge is 0.394 e. The molecule has 0 radical (unpaired) electrons. The summed E-state index contributed by atoms with van der Waals surface area (Å²) >= 11 is 0. The molecule has 19 heavy (non-hydrogen) atoms. The second kappa shape index (κ2) is 6.60. The molecule has 2 rings (SSSR count). The molecule has 0 aromatic carbocycles. The minimum atomic E-state index is -0.0812. The third kappa shape index (κ3) is 3.72. The summed E-state index contributed by atoms with van der Waals surface area (Å²) in [6, 6.07) is 1.89. The second-order valence-electron chi connectivity index (χ2n) is 5.58. The van der Waals surface area contributed by atoms with Crippen molar-refractivity contribution in [3.8, 4) is 0 Å². The zero-order valence-electron chi connectivity index (χ0n) is 11.8. The van der Waals surface area contributed by atoms with Crippen LogP contribution >= 0.6 is 0 Å². The van der Waals surface area contributed by atoms with Crippen LogP contribution in [0.2, 0.25) is 0 Å². The molecule has 1 aromatic rings. The number of nitrogens with zero attached hydrogens (tertiary/aromatic N) is 1. The standard InChI is InChI=1S/C16H24N2O/c1-13-10-12-18(16(19)15(13)17)11-6-5-9-14-7-3-2-4-8-14/h5-6,10,12,14H,2-4,7-9,11,17H2,1H3. The van der Waals surface area contributed by atoms with E-state index in [4.69, 9.17) is 5.73 Å². The SMILES string of the molecule is Cc1ccn(CC=CCC2CCCCC2)c(=O)c1N. The smallest absolute Gasteiger partial charge is 0.274 e. The van der Waals surface area contributed by atoms with Crippen LogP contribution in [0.4, 0.5) is 5.69 Å². The second-order valence-corrected chi connectivity index (χ2v) is 5.58. The summed E-state index contributed by atoms with van der Waals surface area (Å²) in [5, 5.41) is 0. The van der Waals surface area contributed by atoms with Crippen molar-refractivity contribution >= 4 is 5.69 Å². The summed E-state index contributed by atoms with van der Waals surface area (Å²) in [6.45, 7) is 2.48. The molecule has 1 heterocycles. The highest BCUT2D eigenvalue weighted by atomic mass is 16.1. The van der Waals surface area contributed by atoms with Gasteiger partial charge in [-0.3, -0.25) is 4.79 Å². The lowest BCUT2D eigenvalue weighted by molar-refractivity contribution is 0.361. The molecule has 1 aliphatic carbocycles. The molecule has 0 bridgehead atoms. The van der Waals surface area contributed by atoms with Crippen molar-refractivity contribution in [2.75, 3.05) is 5.73 Å². The number of aromatic nitrogens is 1. The van der Waals surface area contributed by atoms with Gasteiger partial charge in [-0.1, -0.05) is 44.3 Å². The Balaban J connectivity index is 1.88. The minimum absolute atomic E-state index is 0.0812. The van der Waals surface area contributed by atoms with Gasteiger partial charge in [0.05, 0.1) is 0 Å². The highest BCUT2D eigenvalue weighted by Crippen LogP contribution is 2.26. The summed E-state index contributed by atoms with van der Waals surface area (Å²) in [4.78, 5) is 11.9. The quantitative estimate of drug-likeness (QED) is 0.845. The predicted molar refractivity (Wildman–Crippen MR) is 80.2 cm³/mol. The predicted octanol–water partition coefficient (Wildman–Crippen LogP) is 3.27. The number of hydrogen-bond acceptors (Lipinski definition) is 2. The van der Waals surface area contributed by atoms with Crippen LogP contribution in [0.15, 0.2) is 29.2 Å². The van der Waals surface area contributed by atoms with E-state index in [1.807, 2.05) is 19.2 Å². The van der Waals surface area contributed by atoms with Crippen molar-refractivity contribution in [3.05, 3.63) is 40.3 Å². The van der Waals surface area contributed by atoms with Crippen LogP contribution in [0, 0.1) is 12.8 Å². The minimum Gasteiger partial charge on any atom is -0.394 e. The lowest BCUT2D eigenvalue weighted by Gasteiger charge is -2.19. The van der Waals surface area contributed by atoms with Gasteiger partial charge >= 0.3 is 0 Å². The molecule has 0 atom stereocenters. The maximum absolute atomic E-state index is 11.9. The van der Waals surface area contributed by atoms with E-state index in [1.165, 1.54) is 32.1 Å². The van der Waals surface area contributed by atoms with Crippen molar-refractivity contribution in [3.63, 3.8) is 0 Å². The Morgan fingerprint density at radius 2 is 2.05 bits per heavy atom. The Bertz CT molecular complexity index is 496. The maximum Gasteiger partial charge on any atom is 0.274 e. The molecular weight excluding hydrogens is 236 g/mol. The van der Waals surface area contributed by atoms with E-state index in [0.29, 0.717) is 12.2 Å². The average Bonchev–Trinajstić information content (AvgIpc) is 2.44. The van der Waals surface area contributed by atoms with Crippen molar-refractivity contribution in [1.82, 2.24) is 4.57 Å². The molecule has 104 valence electrons. The molecule has 3 heteroatoms. The zero-order chi connectivity index (χ0) is 13.7. The first-order valence-corrected chi connectivity index (χ1v) is 7.29. The average molecular weight is 260 g/mol. The summed E-state index contributed by atoms with van der Waals surface area (Å²) in [6.07, 6.45) is 14.2.